The summed E-state index contributed by atoms with van der Waals surface area (Å²) in [6, 6.07) is 43.1. The first-order valence-corrected chi connectivity index (χ1v) is 18.9. The molecular weight excluding hydrogens is 756 g/mol. The Kier molecular flexibility index (Phi) is 75.3. The smallest absolute Gasteiger partial charge is 0.852 e. The van der Waals surface area contributed by atoms with Crippen molar-refractivity contribution in [1.82, 2.24) is 19.9 Å². The fourth-order valence-electron chi connectivity index (χ4n) is 2.70. The predicted molar refractivity (Wildman–Crippen MR) is 247 cm³/mol. The summed E-state index contributed by atoms with van der Waals surface area (Å²) in [5.41, 5.74) is 6.71. The first kappa shape index (κ1) is 74.7. The molecule has 0 spiro atoms. The minimum absolute atomic E-state index is 0. The molecule has 0 aliphatic carbocycles. The summed E-state index contributed by atoms with van der Waals surface area (Å²) in [5.74, 6) is 0. The molecule has 0 unspecified atom stereocenters. The standard InChI is InChI=1S/2C7H8.4C6H6N.2C4H9O.2C2H5.2Al.2Li/c2*1-7-5-3-2-4-6-7;4*1-6-4-2-3-5-7-6;2*1-3-4(2)5;2*1-2;;;;/h2*2-6H,1H3;4*2-4H,1H3;2*4H,3H2,1-2H3;2*1H2,2H3;;;;/q;;8*-1;2*+3;2*+1/t;;;;;;2*4-;;;;;;/m......10....../s1. The molecule has 0 saturated heterocycles. The van der Waals surface area contributed by atoms with Crippen molar-refractivity contribution in [2.45, 2.75) is 108 Å². The number of aryl methyl sites for hydroxylation is 6. The zero-order valence-electron chi connectivity index (χ0n) is 39.4. The van der Waals surface area contributed by atoms with Crippen molar-refractivity contribution >= 4 is 34.7 Å². The molecule has 0 aliphatic rings. The van der Waals surface area contributed by atoms with Crippen LogP contribution in [0.1, 0.15) is 88.3 Å². The fraction of sp³-hybridized carbons (Fsp3) is 0.320. The molecule has 4 aromatic heterocycles. The van der Waals surface area contributed by atoms with E-state index in [0.29, 0.717) is 0 Å². The van der Waals surface area contributed by atoms with Gasteiger partial charge in [0.15, 0.2) is 0 Å². The van der Waals surface area contributed by atoms with Crippen LogP contribution >= 0.6 is 0 Å². The van der Waals surface area contributed by atoms with Crippen molar-refractivity contribution in [2.24, 2.45) is 0 Å². The Labute approximate surface area is 413 Å². The summed E-state index contributed by atoms with van der Waals surface area (Å²) in [5, 5.41) is 19.8. The van der Waals surface area contributed by atoms with E-state index in [2.05, 4.69) is 96.7 Å². The number of hydrogen-bond donors (Lipinski definition) is 0. The number of nitrogens with zero attached hydrogens (tertiary/aromatic N) is 4. The second-order valence-electron chi connectivity index (χ2n) is 11.4. The van der Waals surface area contributed by atoms with E-state index in [1.807, 2.05) is 126 Å². The molecule has 0 aliphatic heterocycles. The van der Waals surface area contributed by atoms with Crippen LogP contribution in [0.15, 0.2) is 133 Å². The number of pyridine rings is 4. The van der Waals surface area contributed by atoms with E-state index >= 15 is 0 Å². The van der Waals surface area contributed by atoms with Crippen LogP contribution in [-0.2, 0) is 0 Å². The molecule has 0 saturated carbocycles. The van der Waals surface area contributed by atoms with Crippen molar-refractivity contribution in [1.29, 1.82) is 0 Å². The number of benzene rings is 2. The van der Waals surface area contributed by atoms with Crippen molar-refractivity contribution in [3.63, 3.8) is 0 Å². The van der Waals surface area contributed by atoms with Crippen LogP contribution in [0.4, 0.5) is 0 Å². The van der Waals surface area contributed by atoms with Crippen LogP contribution in [0, 0.1) is 80.2 Å². The van der Waals surface area contributed by atoms with Gasteiger partial charge in [-0.25, -0.2) is 0 Å². The Morgan fingerprint density at radius 3 is 0.667 bits per heavy atom. The number of hydrogen-bond acceptors (Lipinski definition) is 6. The van der Waals surface area contributed by atoms with E-state index in [-0.39, 0.29) is 84.7 Å². The number of rotatable bonds is 2. The van der Waals surface area contributed by atoms with E-state index in [9.17, 15) is 10.2 Å². The van der Waals surface area contributed by atoms with Crippen LogP contribution in [0.25, 0.3) is 0 Å². The third kappa shape index (κ3) is 67.0. The van der Waals surface area contributed by atoms with Gasteiger partial charge in [-0.1, -0.05) is 188 Å². The quantitative estimate of drug-likeness (QED) is 0.194. The monoisotopic (exact) mass is 825 g/mol. The molecule has 6 aromatic rings. The molecule has 10 heteroatoms. The molecule has 308 valence electrons. The van der Waals surface area contributed by atoms with Gasteiger partial charge in [0.2, 0.25) is 0 Å². The van der Waals surface area contributed by atoms with E-state index < -0.39 is 0 Å². The van der Waals surface area contributed by atoms with Crippen molar-refractivity contribution < 1.29 is 47.9 Å². The largest absolute Gasteiger partial charge is 3.00 e. The normalized spacial score (nSPS) is 8.80. The van der Waals surface area contributed by atoms with Gasteiger partial charge in [-0.05, 0) is 13.8 Å². The predicted octanol–water partition coefficient (Wildman–Crippen LogP) is 3.97. The molecule has 2 atom stereocenters. The summed E-state index contributed by atoms with van der Waals surface area (Å²) in [7, 11) is 0. The molecule has 6 nitrogen and oxygen atoms in total. The van der Waals surface area contributed by atoms with Crippen molar-refractivity contribution in [3.05, 3.63) is 206 Å². The Balaban J connectivity index is -0.0000000843. The zero-order valence-corrected chi connectivity index (χ0v) is 41.8. The minimum Gasteiger partial charge on any atom is -0.852 e. The first-order valence-electron chi connectivity index (χ1n) is 18.9. The Morgan fingerprint density at radius 1 is 0.417 bits per heavy atom. The molecule has 6 rings (SSSR count). The maximum atomic E-state index is 9.90. The first-order chi connectivity index (χ1) is 26.9. The van der Waals surface area contributed by atoms with Crippen LogP contribution in [-0.4, -0.2) is 66.9 Å². The van der Waals surface area contributed by atoms with Crippen LogP contribution < -0.4 is 47.9 Å². The van der Waals surface area contributed by atoms with Gasteiger partial charge in [-0.3, -0.25) is 0 Å². The van der Waals surface area contributed by atoms with Gasteiger partial charge in [-0.2, -0.15) is 86.6 Å². The van der Waals surface area contributed by atoms with Crippen LogP contribution in [0.2, 0.25) is 0 Å². The van der Waals surface area contributed by atoms with Crippen molar-refractivity contribution in [3.8, 4) is 0 Å². The van der Waals surface area contributed by atoms with Gasteiger partial charge < -0.3 is 44.0 Å². The second kappa shape index (κ2) is 60.5. The Bertz CT molecular complexity index is 1250. The summed E-state index contributed by atoms with van der Waals surface area (Å²) in [6.45, 7) is 29.0. The summed E-state index contributed by atoms with van der Waals surface area (Å²) < 4.78 is 0. The molecule has 2 aromatic carbocycles. The van der Waals surface area contributed by atoms with E-state index in [1.54, 1.807) is 52.0 Å². The van der Waals surface area contributed by atoms with E-state index in [1.165, 1.54) is 11.1 Å². The van der Waals surface area contributed by atoms with Gasteiger partial charge in [0.1, 0.15) is 0 Å². The summed E-state index contributed by atoms with van der Waals surface area (Å²) in [4.78, 5) is 15.4. The molecule has 0 N–H and O–H groups in total. The van der Waals surface area contributed by atoms with Gasteiger partial charge in [0.25, 0.3) is 0 Å². The SMILES string of the molecule is CC[C@@H](C)[O-].CC[C@H](C)[O-].Cc1ccc[c-]n1.Cc1ccc[c-]n1.Cc1ccc[c-]n1.Cc1ccc[c-]n1.Cc1ccccc1.Cc1ccccc1.[Al+3].[Al+3].[CH2-]C.[CH2-]C.[Li+].[Li+]. The number of aromatic nitrogens is 4. The van der Waals surface area contributed by atoms with Gasteiger partial charge in [0, 0.05) is 0 Å². The van der Waals surface area contributed by atoms with E-state index in [4.69, 9.17) is 0 Å². The molecule has 0 radical (unpaired) electrons. The van der Waals surface area contributed by atoms with Gasteiger partial charge in [0.05, 0.1) is 0 Å². The van der Waals surface area contributed by atoms with Gasteiger partial charge in [-0.15, -0.1) is 12.2 Å². The van der Waals surface area contributed by atoms with E-state index in [0.717, 1.165) is 35.6 Å². The molecule has 0 fully saturated rings. The maximum Gasteiger partial charge on any atom is 3.00 e. The minimum atomic E-state index is -0.366. The Hall–Kier alpha value is -2.78. The zero-order chi connectivity index (χ0) is 43.2. The molecular formula is C50H68Al2Li2N4O2. The molecule has 0 amide bonds. The average Bonchev–Trinajstić information content (AvgIpc) is 3.23. The molecule has 60 heavy (non-hydrogen) atoms. The summed E-state index contributed by atoms with van der Waals surface area (Å²) in [6.07, 6.45) is 11.6. The van der Waals surface area contributed by atoms with Crippen molar-refractivity contribution in [2.75, 3.05) is 0 Å². The third-order valence-corrected chi connectivity index (χ3v) is 6.03. The fourth-order valence-corrected chi connectivity index (χ4v) is 2.70. The second-order valence-corrected chi connectivity index (χ2v) is 11.4. The van der Waals surface area contributed by atoms with Gasteiger partial charge >= 0.3 is 72.4 Å². The van der Waals surface area contributed by atoms with Crippen LogP contribution in [0.5, 0.6) is 0 Å². The maximum absolute atomic E-state index is 9.90. The third-order valence-electron chi connectivity index (χ3n) is 6.03. The Morgan fingerprint density at radius 2 is 0.600 bits per heavy atom. The molecule has 0 bridgehead atoms. The topological polar surface area (TPSA) is 97.7 Å². The van der Waals surface area contributed by atoms with Crippen LogP contribution in [0.3, 0.4) is 0 Å². The summed E-state index contributed by atoms with van der Waals surface area (Å²) >= 11 is 0. The molecule has 4 heterocycles. The average molecular weight is 825 g/mol.